The van der Waals surface area contributed by atoms with Gasteiger partial charge in [-0.1, -0.05) is 29.3 Å². The molecule has 4 aromatic heterocycles. The molecule has 34 heavy (non-hydrogen) atoms. The summed E-state index contributed by atoms with van der Waals surface area (Å²) < 4.78 is 7.19. The molecule has 0 saturated heterocycles. The molecule has 0 amide bonds. The normalized spacial score (nSPS) is 11.9. The molecule has 2 N–H and O–H groups in total. The molecule has 0 aromatic carbocycles. The second-order valence-corrected chi connectivity index (χ2v) is 8.33. The van der Waals surface area contributed by atoms with Crippen LogP contribution in [0.4, 0.5) is 5.69 Å². The van der Waals surface area contributed by atoms with Gasteiger partial charge in [-0.15, -0.1) is 0 Å². The van der Waals surface area contributed by atoms with Crippen molar-refractivity contribution in [1.29, 1.82) is 0 Å². The Balaban J connectivity index is 1.76. The number of pyridine rings is 3. The summed E-state index contributed by atoms with van der Waals surface area (Å²) in [6.07, 6.45) is 4.80. The molecule has 9 nitrogen and oxygen atoms in total. The van der Waals surface area contributed by atoms with Gasteiger partial charge in [0.15, 0.2) is 5.69 Å². The van der Waals surface area contributed by atoms with Crippen LogP contribution in [0.3, 0.4) is 0 Å². The van der Waals surface area contributed by atoms with Crippen molar-refractivity contribution in [3.8, 4) is 5.88 Å². The highest BCUT2D eigenvalue weighted by atomic mass is 35.5. The molecule has 1 atom stereocenters. The van der Waals surface area contributed by atoms with E-state index in [2.05, 4.69) is 20.3 Å². The number of nitrogens with zero attached hydrogens (tertiary/aromatic N) is 4. The highest BCUT2D eigenvalue weighted by molar-refractivity contribution is 6.30. The number of carboxylic acid groups (broad SMARTS) is 1. The van der Waals surface area contributed by atoms with Crippen molar-refractivity contribution in [3.63, 3.8) is 0 Å². The molecular formula is C23H19Cl2N5O4. The number of hydrogen-bond acceptors (Lipinski definition) is 7. The van der Waals surface area contributed by atoms with Gasteiger partial charge in [0.25, 0.3) is 5.56 Å². The average Bonchev–Trinajstić information content (AvgIpc) is 2.82. The topological polar surface area (TPSA) is 119 Å². The lowest BCUT2D eigenvalue weighted by molar-refractivity contribution is 0.0691. The van der Waals surface area contributed by atoms with Crippen LogP contribution in [0.15, 0.2) is 53.7 Å². The third kappa shape index (κ3) is 4.80. The van der Waals surface area contributed by atoms with Crippen LogP contribution in [0.1, 0.15) is 40.1 Å². The molecule has 4 heterocycles. The summed E-state index contributed by atoms with van der Waals surface area (Å²) in [4.78, 5) is 37.2. The lowest BCUT2D eigenvalue weighted by atomic mass is 10.1. The van der Waals surface area contributed by atoms with E-state index in [1.54, 1.807) is 38.4 Å². The second kappa shape index (κ2) is 9.66. The number of anilines is 1. The Bertz CT molecular complexity index is 1440. The fourth-order valence-corrected chi connectivity index (χ4v) is 3.78. The van der Waals surface area contributed by atoms with Gasteiger partial charge in [0, 0.05) is 29.7 Å². The Morgan fingerprint density at radius 3 is 2.76 bits per heavy atom. The fourth-order valence-electron chi connectivity index (χ4n) is 3.42. The van der Waals surface area contributed by atoms with Crippen LogP contribution in [0.2, 0.25) is 10.2 Å². The molecular weight excluding hydrogens is 481 g/mol. The summed E-state index contributed by atoms with van der Waals surface area (Å²) in [6, 6.07) is 7.80. The summed E-state index contributed by atoms with van der Waals surface area (Å²) in [5.41, 5.74) is 1.72. The van der Waals surface area contributed by atoms with Crippen molar-refractivity contribution in [3.05, 3.63) is 91.8 Å². The fraction of sp³-hybridized carbons (Fsp3) is 0.174. The van der Waals surface area contributed by atoms with E-state index in [0.717, 1.165) is 5.56 Å². The molecule has 0 bridgehead atoms. The monoisotopic (exact) mass is 499 g/mol. The minimum Gasteiger partial charge on any atom is -0.476 e. The van der Waals surface area contributed by atoms with Gasteiger partial charge in [0.2, 0.25) is 5.88 Å². The highest BCUT2D eigenvalue weighted by Crippen LogP contribution is 2.28. The number of halogens is 2. The van der Waals surface area contributed by atoms with Crippen molar-refractivity contribution < 1.29 is 14.6 Å². The molecule has 0 spiro atoms. The Morgan fingerprint density at radius 2 is 2.06 bits per heavy atom. The van der Waals surface area contributed by atoms with Crippen LogP contribution < -0.4 is 15.6 Å². The van der Waals surface area contributed by atoms with Crippen molar-refractivity contribution in [2.75, 3.05) is 5.32 Å². The number of aromatic carboxylic acids is 1. The van der Waals surface area contributed by atoms with Gasteiger partial charge in [-0.3, -0.25) is 14.2 Å². The maximum absolute atomic E-state index is 13.1. The molecule has 0 unspecified atom stereocenters. The van der Waals surface area contributed by atoms with Crippen molar-refractivity contribution >= 4 is 40.5 Å². The predicted molar refractivity (Wildman–Crippen MR) is 128 cm³/mol. The number of rotatable bonds is 7. The summed E-state index contributed by atoms with van der Waals surface area (Å²) in [5, 5.41) is 13.0. The Morgan fingerprint density at radius 1 is 1.26 bits per heavy atom. The van der Waals surface area contributed by atoms with Crippen LogP contribution in [0, 0.1) is 6.92 Å². The summed E-state index contributed by atoms with van der Waals surface area (Å²) in [7, 11) is 0. The van der Waals surface area contributed by atoms with E-state index in [-0.39, 0.29) is 34.6 Å². The van der Waals surface area contributed by atoms with E-state index >= 15 is 0 Å². The van der Waals surface area contributed by atoms with Crippen LogP contribution in [0.25, 0.3) is 5.65 Å². The van der Waals surface area contributed by atoms with Crippen molar-refractivity contribution in [2.45, 2.75) is 26.5 Å². The van der Waals surface area contributed by atoms with E-state index in [9.17, 15) is 14.7 Å². The minimum absolute atomic E-state index is 0.0582. The first-order chi connectivity index (χ1) is 16.2. The third-order valence-electron chi connectivity index (χ3n) is 5.10. The van der Waals surface area contributed by atoms with Crippen LogP contribution in [0.5, 0.6) is 5.88 Å². The molecule has 4 rings (SSSR count). The zero-order valence-corrected chi connectivity index (χ0v) is 19.6. The van der Waals surface area contributed by atoms with Gasteiger partial charge < -0.3 is 15.2 Å². The molecule has 11 heteroatoms. The van der Waals surface area contributed by atoms with Crippen LogP contribution in [-0.4, -0.2) is 30.4 Å². The molecule has 174 valence electrons. The Labute approximate surface area is 204 Å². The number of ether oxygens (including phenoxy) is 1. The molecule has 4 aromatic rings. The molecule has 0 saturated carbocycles. The van der Waals surface area contributed by atoms with Crippen LogP contribution in [-0.2, 0) is 6.61 Å². The van der Waals surface area contributed by atoms with Gasteiger partial charge in [0.05, 0.1) is 22.3 Å². The van der Waals surface area contributed by atoms with E-state index in [0.29, 0.717) is 21.8 Å². The summed E-state index contributed by atoms with van der Waals surface area (Å²) in [6.45, 7) is 3.60. The zero-order valence-electron chi connectivity index (χ0n) is 18.1. The van der Waals surface area contributed by atoms with E-state index < -0.39 is 12.0 Å². The molecule has 0 aliphatic heterocycles. The second-order valence-electron chi connectivity index (χ2n) is 7.51. The van der Waals surface area contributed by atoms with Gasteiger partial charge in [-0.2, -0.15) is 4.98 Å². The van der Waals surface area contributed by atoms with Gasteiger partial charge >= 0.3 is 5.97 Å². The largest absolute Gasteiger partial charge is 0.476 e. The quantitative estimate of drug-likeness (QED) is 0.355. The van der Waals surface area contributed by atoms with E-state index in [1.807, 2.05) is 6.07 Å². The first kappa shape index (κ1) is 23.5. The molecule has 0 radical (unpaired) electrons. The minimum atomic E-state index is -1.23. The molecule has 0 aliphatic carbocycles. The number of carbonyl (C=O) groups is 1. The third-order valence-corrected chi connectivity index (χ3v) is 5.52. The first-order valence-electron chi connectivity index (χ1n) is 10.1. The van der Waals surface area contributed by atoms with Crippen molar-refractivity contribution in [1.82, 2.24) is 19.4 Å². The number of aromatic nitrogens is 4. The maximum Gasteiger partial charge on any atom is 0.356 e. The Kier molecular flexibility index (Phi) is 6.67. The smallest absolute Gasteiger partial charge is 0.356 e. The van der Waals surface area contributed by atoms with Gasteiger partial charge in [0.1, 0.15) is 17.4 Å². The number of fused-ring (bicyclic) bond motifs is 1. The standard InChI is InChI=1S/C23H19Cl2N5O4/c1-12-21(34-11-14-4-3-7-26-9-14)29-20-16(8-15(24)10-30(20)22(12)31)13(2)27-17-5-6-18(25)28-19(17)23(32)33/h3-10,13,27H,11H2,1-2H3,(H,32,33)/t13-/m1/s1. The molecule has 0 fully saturated rings. The number of carboxylic acids is 1. The molecule has 0 aliphatic rings. The van der Waals surface area contributed by atoms with Gasteiger partial charge in [-0.25, -0.2) is 9.78 Å². The Hall–Kier alpha value is -3.69. The van der Waals surface area contributed by atoms with Crippen molar-refractivity contribution in [2.24, 2.45) is 0 Å². The average molecular weight is 500 g/mol. The SMILES string of the molecule is Cc1c(OCc2cccnc2)nc2c([C@@H](C)Nc3ccc(Cl)nc3C(=O)O)cc(Cl)cn2c1=O. The zero-order chi connectivity index (χ0) is 24.4. The summed E-state index contributed by atoms with van der Waals surface area (Å²) in [5.74, 6) is -1.05. The lowest BCUT2D eigenvalue weighted by Gasteiger charge is -2.19. The van der Waals surface area contributed by atoms with Crippen LogP contribution >= 0.6 is 23.2 Å². The van der Waals surface area contributed by atoms with E-state index in [4.69, 9.17) is 27.9 Å². The predicted octanol–water partition coefficient (Wildman–Crippen LogP) is 4.55. The highest BCUT2D eigenvalue weighted by Gasteiger charge is 2.20. The summed E-state index contributed by atoms with van der Waals surface area (Å²) >= 11 is 12.2. The number of hydrogen-bond donors (Lipinski definition) is 2. The maximum atomic E-state index is 13.1. The van der Waals surface area contributed by atoms with Gasteiger partial charge in [-0.05, 0) is 38.1 Å². The first-order valence-corrected chi connectivity index (χ1v) is 10.9. The van der Waals surface area contributed by atoms with E-state index in [1.165, 1.54) is 22.7 Å². The lowest BCUT2D eigenvalue weighted by Crippen LogP contribution is -2.22. The number of nitrogens with one attached hydrogen (secondary N) is 1.